The number of hydrogen-bond donors (Lipinski definition) is 2. The summed E-state index contributed by atoms with van der Waals surface area (Å²) < 4.78 is 7.65. The van der Waals surface area contributed by atoms with Gasteiger partial charge in [-0.05, 0) is 12.5 Å². The Morgan fingerprint density at radius 1 is 1.35 bits per heavy atom. The van der Waals surface area contributed by atoms with Crippen LogP contribution in [0.5, 0.6) is 0 Å². The first-order valence-electron chi connectivity index (χ1n) is 8.83. The molecule has 4 rings (SSSR count). The van der Waals surface area contributed by atoms with E-state index in [1.165, 1.54) is 0 Å². The lowest BCUT2D eigenvalue weighted by molar-refractivity contribution is 0.0778. The summed E-state index contributed by atoms with van der Waals surface area (Å²) in [6, 6.07) is 1.73. The van der Waals surface area contributed by atoms with Gasteiger partial charge in [0.15, 0.2) is 0 Å². The molecule has 9 nitrogen and oxygen atoms in total. The van der Waals surface area contributed by atoms with Crippen molar-refractivity contribution >= 4 is 17.7 Å². The van der Waals surface area contributed by atoms with Crippen molar-refractivity contribution in [2.75, 3.05) is 37.5 Å². The van der Waals surface area contributed by atoms with Gasteiger partial charge >= 0.3 is 0 Å². The molecule has 2 N–H and O–H groups in total. The largest absolute Gasteiger partial charge is 0.377 e. The number of nitrogens with zero attached hydrogens (tertiary/aromatic N) is 5. The Labute approximate surface area is 151 Å². The average molecular weight is 357 g/mol. The number of aromatic nitrogens is 4. The monoisotopic (exact) mass is 357 g/mol. The molecule has 9 heteroatoms. The van der Waals surface area contributed by atoms with Crippen LogP contribution in [0.15, 0.2) is 18.5 Å². The van der Waals surface area contributed by atoms with Gasteiger partial charge in [0.05, 0.1) is 12.1 Å². The first-order chi connectivity index (χ1) is 12.7. The first-order valence-corrected chi connectivity index (χ1v) is 8.83. The molecule has 0 saturated carbocycles. The summed E-state index contributed by atoms with van der Waals surface area (Å²) in [4.78, 5) is 27.8. The minimum absolute atomic E-state index is 0.110. The molecule has 1 saturated heterocycles. The fraction of sp³-hybridized carbons (Fsp3) is 0.529. The summed E-state index contributed by atoms with van der Waals surface area (Å²) in [6.45, 7) is 2.22. The molecule has 138 valence electrons. The molecule has 1 fully saturated rings. The smallest absolute Gasteiger partial charge is 0.271 e. The van der Waals surface area contributed by atoms with Crippen molar-refractivity contribution < 1.29 is 9.53 Å². The van der Waals surface area contributed by atoms with Crippen LogP contribution in [0.2, 0.25) is 0 Å². The number of rotatable bonds is 5. The predicted molar refractivity (Wildman–Crippen MR) is 96.4 cm³/mol. The highest BCUT2D eigenvalue weighted by molar-refractivity contribution is 5.92. The number of imidazole rings is 1. The topological polar surface area (TPSA) is 97.2 Å². The molecule has 0 radical (unpaired) electrons. The van der Waals surface area contributed by atoms with Crippen molar-refractivity contribution in [3.63, 3.8) is 0 Å². The second-order valence-electron chi connectivity index (χ2n) is 6.59. The maximum atomic E-state index is 12.6. The molecule has 26 heavy (non-hydrogen) atoms. The Morgan fingerprint density at radius 2 is 2.23 bits per heavy atom. The number of carbonyl (C=O) groups excluding carboxylic acids is 1. The van der Waals surface area contributed by atoms with E-state index in [0.29, 0.717) is 24.7 Å². The zero-order valence-electron chi connectivity index (χ0n) is 15.0. The Balaban J connectivity index is 1.46. The van der Waals surface area contributed by atoms with Crippen LogP contribution in [0.25, 0.3) is 0 Å². The Bertz CT molecular complexity index is 785. The van der Waals surface area contributed by atoms with Crippen molar-refractivity contribution in [3.05, 3.63) is 30.0 Å². The van der Waals surface area contributed by atoms with Gasteiger partial charge in [0.2, 0.25) is 5.95 Å². The van der Waals surface area contributed by atoms with Crippen LogP contribution in [0.3, 0.4) is 0 Å². The number of amides is 1. The molecule has 2 aliphatic heterocycles. The number of methoxy groups -OCH3 is 1. The highest BCUT2D eigenvalue weighted by Gasteiger charge is 2.35. The summed E-state index contributed by atoms with van der Waals surface area (Å²) in [6.07, 6.45) is 5.49. The number of aryl methyl sites for hydroxylation is 2. The minimum atomic E-state index is -0.153. The molecular weight excluding hydrogens is 334 g/mol. The number of fused-ring (bicyclic) bond motifs is 1. The fourth-order valence-electron chi connectivity index (χ4n) is 3.59. The van der Waals surface area contributed by atoms with Crippen LogP contribution in [0.1, 0.15) is 22.7 Å². The molecule has 2 atom stereocenters. The van der Waals surface area contributed by atoms with Gasteiger partial charge in [-0.2, -0.15) is 4.98 Å². The van der Waals surface area contributed by atoms with E-state index in [4.69, 9.17) is 4.74 Å². The maximum absolute atomic E-state index is 12.6. The van der Waals surface area contributed by atoms with Crippen LogP contribution in [-0.4, -0.2) is 64.8 Å². The second kappa shape index (κ2) is 6.91. The quantitative estimate of drug-likeness (QED) is 0.794. The van der Waals surface area contributed by atoms with E-state index in [1.54, 1.807) is 20.4 Å². The van der Waals surface area contributed by atoms with Gasteiger partial charge in [0.25, 0.3) is 5.91 Å². The highest BCUT2D eigenvalue weighted by Crippen LogP contribution is 2.21. The van der Waals surface area contributed by atoms with Crippen molar-refractivity contribution in [1.29, 1.82) is 0 Å². The number of nitrogens with one attached hydrogen (secondary N) is 2. The lowest BCUT2D eigenvalue weighted by atomic mass is 10.2. The van der Waals surface area contributed by atoms with Gasteiger partial charge in [-0.25, -0.2) is 9.97 Å². The number of hydrogen-bond acceptors (Lipinski definition) is 7. The molecule has 2 aliphatic rings. The Kier molecular flexibility index (Phi) is 4.46. The van der Waals surface area contributed by atoms with E-state index < -0.39 is 0 Å². The van der Waals surface area contributed by atoms with Crippen molar-refractivity contribution in [2.24, 2.45) is 0 Å². The van der Waals surface area contributed by atoms with Gasteiger partial charge in [0.1, 0.15) is 17.3 Å². The van der Waals surface area contributed by atoms with Crippen LogP contribution in [0, 0.1) is 0 Å². The van der Waals surface area contributed by atoms with E-state index in [0.717, 1.165) is 31.0 Å². The van der Waals surface area contributed by atoms with Crippen LogP contribution in [-0.2, 0) is 17.7 Å². The Hall–Kier alpha value is -2.68. The van der Waals surface area contributed by atoms with Crippen molar-refractivity contribution in [3.8, 4) is 0 Å². The van der Waals surface area contributed by atoms with Gasteiger partial charge in [0, 0.05) is 52.6 Å². The molecule has 4 heterocycles. The number of ether oxygens (including phenoxy) is 1. The third-order valence-electron chi connectivity index (χ3n) is 4.97. The Morgan fingerprint density at radius 3 is 3.00 bits per heavy atom. The van der Waals surface area contributed by atoms with Crippen LogP contribution < -0.4 is 15.5 Å². The lowest BCUT2D eigenvalue weighted by Gasteiger charge is -2.18. The van der Waals surface area contributed by atoms with Crippen molar-refractivity contribution in [1.82, 2.24) is 24.8 Å². The molecular formula is C17H23N7O2. The molecule has 1 amide bonds. The number of anilines is 2. The lowest BCUT2D eigenvalue weighted by Crippen LogP contribution is -2.43. The third kappa shape index (κ3) is 3.10. The van der Waals surface area contributed by atoms with E-state index in [9.17, 15) is 4.79 Å². The second-order valence-corrected chi connectivity index (χ2v) is 6.59. The van der Waals surface area contributed by atoms with Gasteiger partial charge in [-0.1, -0.05) is 0 Å². The van der Waals surface area contributed by atoms with E-state index in [2.05, 4.69) is 35.1 Å². The third-order valence-corrected chi connectivity index (χ3v) is 4.97. The highest BCUT2D eigenvalue weighted by atomic mass is 16.5. The molecule has 2 aromatic rings. The number of carbonyl (C=O) groups is 1. The zero-order valence-corrected chi connectivity index (χ0v) is 15.0. The molecule has 0 aromatic carbocycles. The summed E-state index contributed by atoms with van der Waals surface area (Å²) in [7, 11) is 3.45. The first kappa shape index (κ1) is 16.8. The standard InChI is InChI=1S/C17H23N7O2/c1-18-17-19-6-5-15(22-17)24-8-11(13(10-24)26-2)21-16(25)12-9-23-7-3-4-14(23)20-12/h5-6,9,11,13H,3-4,7-8,10H2,1-2H3,(H,21,25)(H,18,19,22)/t11-,13+/m1/s1. The van der Waals surface area contributed by atoms with Crippen LogP contribution in [0.4, 0.5) is 11.8 Å². The van der Waals surface area contributed by atoms with Gasteiger partial charge in [-0.15, -0.1) is 0 Å². The van der Waals surface area contributed by atoms with Crippen molar-refractivity contribution in [2.45, 2.75) is 31.5 Å². The predicted octanol–water partition coefficient (Wildman–Crippen LogP) is 0.295. The van der Waals surface area contributed by atoms with E-state index in [-0.39, 0.29) is 18.1 Å². The summed E-state index contributed by atoms with van der Waals surface area (Å²) >= 11 is 0. The molecule has 0 bridgehead atoms. The molecule has 2 aromatic heterocycles. The van der Waals surface area contributed by atoms with Gasteiger partial charge < -0.3 is 24.8 Å². The SMILES string of the molecule is CNc1nccc(N2C[C@H](OC)[C@H](NC(=O)c3cn4c(n3)CCC4)C2)n1. The molecule has 0 unspecified atom stereocenters. The maximum Gasteiger partial charge on any atom is 0.271 e. The minimum Gasteiger partial charge on any atom is -0.377 e. The van der Waals surface area contributed by atoms with E-state index in [1.807, 2.05) is 12.3 Å². The zero-order chi connectivity index (χ0) is 18.1. The van der Waals surface area contributed by atoms with E-state index >= 15 is 0 Å². The fourth-order valence-corrected chi connectivity index (χ4v) is 3.59. The summed E-state index contributed by atoms with van der Waals surface area (Å²) in [5, 5.41) is 6.01. The average Bonchev–Trinajstić information content (AvgIpc) is 3.36. The summed E-state index contributed by atoms with van der Waals surface area (Å²) in [5.74, 6) is 2.21. The van der Waals surface area contributed by atoms with Gasteiger partial charge in [-0.3, -0.25) is 4.79 Å². The normalized spacial score (nSPS) is 21.7. The molecule has 0 spiro atoms. The summed E-state index contributed by atoms with van der Waals surface area (Å²) in [5.41, 5.74) is 0.479. The molecule has 0 aliphatic carbocycles. The van der Waals surface area contributed by atoms with Crippen LogP contribution >= 0.6 is 0 Å².